The molecule has 0 N–H and O–H groups in total. The molecule has 0 aromatic heterocycles. The average molecular weight is 438 g/mol. The van der Waals surface area contributed by atoms with Crippen LogP contribution < -0.4 is 4.90 Å². The summed E-state index contributed by atoms with van der Waals surface area (Å²) in [6.45, 7) is -0.338. The first kappa shape index (κ1) is 20.3. The van der Waals surface area contributed by atoms with Crippen molar-refractivity contribution in [3.63, 3.8) is 0 Å². The molecular formula is C25H15FN4O3. The molecule has 3 amide bonds. The summed E-state index contributed by atoms with van der Waals surface area (Å²) in [6, 6.07) is 20.8. The molecule has 0 radical (unpaired) electrons. The number of hydrogen-bond donors (Lipinski definition) is 0. The predicted octanol–water partition coefficient (Wildman–Crippen LogP) is 3.16. The van der Waals surface area contributed by atoms with Crippen molar-refractivity contribution >= 4 is 29.1 Å². The van der Waals surface area contributed by atoms with Crippen LogP contribution in [0.3, 0.4) is 0 Å². The van der Waals surface area contributed by atoms with E-state index in [2.05, 4.69) is 4.99 Å². The fourth-order valence-corrected chi connectivity index (χ4v) is 4.11. The van der Waals surface area contributed by atoms with Crippen LogP contribution in [0.25, 0.3) is 0 Å². The minimum atomic E-state index is -1.60. The molecular weight excluding hydrogens is 423 g/mol. The summed E-state index contributed by atoms with van der Waals surface area (Å²) in [7, 11) is 0. The van der Waals surface area contributed by atoms with Crippen molar-refractivity contribution in [1.29, 1.82) is 5.26 Å². The first-order valence-electron chi connectivity index (χ1n) is 10.1. The Labute approximate surface area is 188 Å². The Morgan fingerprint density at radius 1 is 0.818 bits per heavy atom. The maximum Gasteiger partial charge on any atom is 0.273 e. The number of para-hydroxylation sites is 1. The Kier molecular flexibility index (Phi) is 4.79. The van der Waals surface area contributed by atoms with Gasteiger partial charge in [-0.15, -0.1) is 0 Å². The van der Waals surface area contributed by atoms with Crippen molar-refractivity contribution < 1.29 is 18.8 Å². The normalized spacial score (nSPS) is 17.3. The Bertz CT molecular complexity index is 1370. The lowest BCUT2D eigenvalue weighted by molar-refractivity contribution is -0.122. The summed E-state index contributed by atoms with van der Waals surface area (Å²) >= 11 is 0. The molecule has 1 atom stereocenters. The van der Waals surface area contributed by atoms with E-state index >= 15 is 0 Å². The highest BCUT2D eigenvalue weighted by molar-refractivity contribution is 6.25. The largest absolute Gasteiger partial charge is 0.294 e. The maximum absolute atomic E-state index is 14.8. The van der Waals surface area contributed by atoms with Gasteiger partial charge < -0.3 is 0 Å². The molecule has 8 heteroatoms. The molecule has 0 saturated carbocycles. The molecule has 5 rings (SSSR count). The molecule has 0 saturated heterocycles. The van der Waals surface area contributed by atoms with Gasteiger partial charge in [0.1, 0.15) is 12.4 Å². The molecule has 7 nitrogen and oxygen atoms in total. The third-order valence-corrected chi connectivity index (χ3v) is 5.62. The van der Waals surface area contributed by atoms with Gasteiger partial charge in [0.15, 0.2) is 0 Å². The smallest absolute Gasteiger partial charge is 0.273 e. The minimum absolute atomic E-state index is 0.109. The summed E-state index contributed by atoms with van der Waals surface area (Å²) in [5, 5.41) is 9.39. The summed E-state index contributed by atoms with van der Waals surface area (Å²) in [5.74, 6) is -2.65. The van der Waals surface area contributed by atoms with Crippen LogP contribution in [0.1, 0.15) is 31.8 Å². The number of halogens is 1. The Morgan fingerprint density at radius 3 is 1.97 bits per heavy atom. The maximum atomic E-state index is 14.8. The van der Waals surface area contributed by atoms with E-state index in [0.29, 0.717) is 11.3 Å². The van der Waals surface area contributed by atoms with Gasteiger partial charge in [0.25, 0.3) is 17.7 Å². The van der Waals surface area contributed by atoms with E-state index in [1.54, 1.807) is 42.5 Å². The Morgan fingerprint density at radius 2 is 1.36 bits per heavy atom. The Balaban J connectivity index is 1.75. The van der Waals surface area contributed by atoms with Crippen molar-refractivity contribution in [2.24, 2.45) is 4.99 Å². The van der Waals surface area contributed by atoms with Gasteiger partial charge in [-0.25, -0.2) is 14.3 Å². The van der Waals surface area contributed by atoms with E-state index in [0.717, 1.165) is 4.90 Å². The zero-order valence-electron chi connectivity index (χ0n) is 17.1. The van der Waals surface area contributed by atoms with Gasteiger partial charge in [0, 0.05) is 11.1 Å². The topological polar surface area (TPSA) is 93.8 Å². The molecule has 33 heavy (non-hydrogen) atoms. The molecule has 2 aliphatic heterocycles. The number of aliphatic imine (C=N–C) groups is 1. The number of carbonyl (C=O) groups excluding carboxylic acids is 3. The molecule has 1 unspecified atom stereocenters. The number of imide groups is 1. The first-order chi connectivity index (χ1) is 16.0. The SMILES string of the molecule is N#CCN1C(=O)C(N2C(=O)c3ccccc3C2=O)N=C(c2ccccc2F)c2ccccc21. The van der Waals surface area contributed by atoms with Gasteiger partial charge in [-0.05, 0) is 30.3 Å². The van der Waals surface area contributed by atoms with Gasteiger partial charge in [0.2, 0.25) is 6.17 Å². The highest BCUT2D eigenvalue weighted by atomic mass is 19.1. The van der Waals surface area contributed by atoms with E-state index in [4.69, 9.17) is 0 Å². The van der Waals surface area contributed by atoms with Gasteiger partial charge in [-0.1, -0.05) is 42.5 Å². The monoisotopic (exact) mass is 438 g/mol. The van der Waals surface area contributed by atoms with Gasteiger partial charge in [-0.3, -0.25) is 19.3 Å². The second-order valence-electron chi connectivity index (χ2n) is 7.46. The lowest BCUT2D eigenvalue weighted by atomic mass is 10.00. The fourth-order valence-electron chi connectivity index (χ4n) is 4.11. The first-order valence-corrected chi connectivity index (χ1v) is 10.1. The van der Waals surface area contributed by atoms with Crippen LogP contribution >= 0.6 is 0 Å². The van der Waals surface area contributed by atoms with Gasteiger partial charge in [-0.2, -0.15) is 5.26 Å². The molecule has 0 bridgehead atoms. The third kappa shape index (κ3) is 3.10. The van der Waals surface area contributed by atoms with E-state index in [-0.39, 0.29) is 28.9 Å². The molecule has 0 aliphatic carbocycles. The summed E-state index contributed by atoms with van der Waals surface area (Å²) in [5.41, 5.74) is 1.28. The van der Waals surface area contributed by atoms with E-state index in [1.807, 2.05) is 6.07 Å². The van der Waals surface area contributed by atoms with Crippen LogP contribution in [0.2, 0.25) is 0 Å². The van der Waals surface area contributed by atoms with Crippen LogP contribution in [0.15, 0.2) is 77.8 Å². The number of rotatable bonds is 3. The van der Waals surface area contributed by atoms with Crippen LogP contribution in [0, 0.1) is 17.1 Å². The van der Waals surface area contributed by atoms with Crippen molar-refractivity contribution in [2.45, 2.75) is 6.17 Å². The number of anilines is 1. The number of amides is 3. The van der Waals surface area contributed by atoms with E-state index < -0.39 is 29.7 Å². The number of nitriles is 1. The number of nitrogens with zero attached hydrogens (tertiary/aromatic N) is 4. The second kappa shape index (κ2) is 7.80. The minimum Gasteiger partial charge on any atom is -0.294 e. The van der Waals surface area contributed by atoms with E-state index in [1.165, 1.54) is 35.2 Å². The van der Waals surface area contributed by atoms with Crippen LogP contribution in [0.5, 0.6) is 0 Å². The number of fused-ring (bicyclic) bond motifs is 2. The molecule has 3 aromatic carbocycles. The number of hydrogen-bond acceptors (Lipinski definition) is 5. The highest BCUT2D eigenvalue weighted by Crippen LogP contribution is 2.33. The number of benzodiazepines with no additional fused rings is 1. The van der Waals surface area contributed by atoms with Gasteiger partial charge in [0.05, 0.1) is 28.6 Å². The van der Waals surface area contributed by atoms with Crippen LogP contribution in [0.4, 0.5) is 10.1 Å². The average Bonchev–Trinajstić information content (AvgIpc) is 3.02. The third-order valence-electron chi connectivity index (χ3n) is 5.62. The Hall–Kier alpha value is -4.64. The highest BCUT2D eigenvalue weighted by Gasteiger charge is 2.46. The van der Waals surface area contributed by atoms with Crippen LogP contribution in [-0.2, 0) is 4.79 Å². The molecule has 3 aromatic rings. The van der Waals surface area contributed by atoms with Crippen LogP contribution in [-0.4, -0.2) is 41.0 Å². The molecule has 0 spiro atoms. The summed E-state index contributed by atoms with van der Waals surface area (Å²) in [4.78, 5) is 46.3. The zero-order valence-corrected chi connectivity index (χ0v) is 17.1. The van der Waals surface area contributed by atoms with Gasteiger partial charge >= 0.3 is 0 Å². The predicted molar refractivity (Wildman–Crippen MR) is 117 cm³/mol. The van der Waals surface area contributed by atoms with Crippen molar-refractivity contribution in [2.75, 3.05) is 11.4 Å². The quantitative estimate of drug-likeness (QED) is 0.464. The van der Waals surface area contributed by atoms with Crippen molar-refractivity contribution in [3.8, 4) is 6.07 Å². The van der Waals surface area contributed by atoms with Crippen molar-refractivity contribution in [3.05, 3.63) is 101 Å². The number of benzene rings is 3. The molecule has 160 valence electrons. The summed E-state index contributed by atoms with van der Waals surface area (Å²) < 4.78 is 14.8. The zero-order chi connectivity index (χ0) is 23.1. The summed E-state index contributed by atoms with van der Waals surface area (Å²) in [6.07, 6.45) is -1.60. The van der Waals surface area contributed by atoms with Crippen molar-refractivity contribution in [1.82, 2.24) is 4.90 Å². The fraction of sp³-hybridized carbons (Fsp3) is 0.0800. The van der Waals surface area contributed by atoms with E-state index in [9.17, 15) is 24.0 Å². The lowest BCUT2D eigenvalue weighted by Gasteiger charge is -2.26. The lowest BCUT2D eigenvalue weighted by Crippen LogP contribution is -2.50. The number of carbonyl (C=O) groups is 3. The second-order valence-corrected chi connectivity index (χ2v) is 7.46. The standard InChI is InChI=1S/C25H15FN4O3/c26-19-11-5-3-9-17(19)21-18-10-4-6-12-20(18)29(14-13-27)25(33)22(28-21)30-23(31)15-7-1-2-8-16(15)24(30)32/h1-12,22H,14H2. The molecule has 0 fully saturated rings. The molecule has 2 aliphatic rings. The molecule has 2 heterocycles.